The van der Waals surface area contributed by atoms with E-state index in [-0.39, 0.29) is 11.9 Å². The van der Waals surface area contributed by atoms with E-state index in [1.165, 1.54) is 6.07 Å². The van der Waals surface area contributed by atoms with Crippen LogP contribution in [0.5, 0.6) is 0 Å². The van der Waals surface area contributed by atoms with Gasteiger partial charge in [0.2, 0.25) is 0 Å². The van der Waals surface area contributed by atoms with E-state index in [0.717, 1.165) is 35.1 Å². The largest absolute Gasteiger partial charge is 0.444 e. The molecule has 1 aliphatic heterocycles. The van der Waals surface area contributed by atoms with E-state index >= 15 is 4.39 Å². The van der Waals surface area contributed by atoms with Crippen molar-refractivity contribution in [2.45, 2.75) is 51.7 Å². The quantitative estimate of drug-likeness (QED) is 0.665. The zero-order valence-electron chi connectivity index (χ0n) is 17.6. The van der Waals surface area contributed by atoms with Crippen molar-refractivity contribution in [2.24, 2.45) is 0 Å². The lowest BCUT2D eigenvalue weighted by Gasteiger charge is -2.36. The Morgan fingerprint density at radius 1 is 1.33 bits per heavy atom. The van der Waals surface area contributed by atoms with E-state index in [1.54, 1.807) is 0 Å². The SMILES string of the molecule is CC(C)(C)OC(=O)N[C@@H]1CCCN(c2c(F)cc(C#N)c3c2-c2ccccc2C3)C1. The number of alkyl carbamates (subject to hydrolysis) is 1. The van der Waals surface area contributed by atoms with Crippen LogP contribution in [-0.4, -0.2) is 30.8 Å². The summed E-state index contributed by atoms with van der Waals surface area (Å²) >= 11 is 0. The lowest BCUT2D eigenvalue weighted by molar-refractivity contribution is 0.0500. The van der Waals surface area contributed by atoms with E-state index in [9.17, 15) is 10.1 Å². The first kappa shape index (κ1) is 20.2. The van der Waals surface area contributed by atoms with E-state index in [2.05, 4.69) is 11.4 Å². The van der Waals surface area contributed by atoms with Crippen molar-refractivity contribution in [3.8, 4) is 17.2 Å². The highest BCUT2D eigenvalue weighted by Crippen LogP contribution is 2.46. The Labute approximate surface area is 176 Å². The number of ether oxygens (including phenoxy) is 1. The molecule has 0 unspecified atom stereocenters. The molecule has 0 saturated carbocycles. The molecule has 0 spiro atoms. The Hall–Kier alpha value is -3.07. The number of piperidine rings is 1. The number of halogens is 1. The molecule has 0 bridgehead atoms. The van der Waals surface area contributed by atoms with Crippen LogP contribution in [0.25, 0.3) is 11.1 Å². The fraction of sp³-hybridized carbons (Fsp3) is 0.417. The van der Waals surface area contributed by atoms with Gasteiger partial charge in [-0.15, -0.1) is 0 Å². The molecule has 2 aromatic carbocycles. The number of rotatable bonds is 2. The van der Waals surface area contributed by atoms with E-state index in [4.69, 9.17) is 4.74 Å². The maximum Gasteiger partial charge on any atom is 0.407 e. The predicted octanol–water partition coefficient (Wildman–Crippen LogP) is 4.76. The molecule has 0 aromatic heterocycles. The number of nitrogens with zero attached hydrogens (tertiary/aromatic N) is 2. The molecule has 1 N–H and O–H groups in total. The normalized spacial score (nSPS) is 17.7. The Bertz CT molecular complexity index is 1040. The minimum absolute atomic E-state index is 0.129. The third-order valence-electron chi connectivity index (χ3n) is 5.59. The molecule has 2 aromatic rings. The molecule has 4 rings (SSSR count). The van der Waals surface area contributed by atoms with Crippen molar-refractivity contribution in [3.63, 3.8) is 0 Å². The third-order valence-corrected chi connectivity index (χ3v) is 5.59. The molecule has 1 fully saturated rings. The van der Waals surface area contributed by atoms with Gasteiger partial charge in [-0.25, -0.2) is 9.18 Å². The van der Waals surface area contributed by atoms with Crippen LogP contribution in [0.2, 0.25) is 0 Å². The van der Waals surface area contributed by atoms with Gasteiger partial charge >= 0.3 is 6.09 Å². The lowest BCUT2D eigenvalue weighted by Crippen LogP contribution is -2.49. The van der Waals surface area contributed by atoms with Gasteiger partial charge in [0.1, 0.15) is 11.4 Å². The third kappa shape index (κ3) is 3.85. The van der Waals surface area contributed by atoms with E-state index in [0.29, 0.717) is 30.8 Å². The Balaban J connectivity index is 1.66. The Morgan fingerprint density at radius 3 is 2.83 bits per heavy atom. The molecular formula is C24H26FN3O2. The number of benzene rings is 2. The van der Waals surface area contributed by atoms with Crippen molar-refractivity contribution < 1.29 is 13.9 Å². The van der Waals surface area contributed by atoms with Crippen molar-refractivity contribution in [1.29, 1.82) is 5.26 Å². The number of amides is 1. The first-order valence-electron chi connectivity index (χ1n) is 10.3. The highest BCUT2D eigenvalue weighted by molar-refractivity contribution is 5.89. The summed E-state index contributed by atoms with van der Waals surface area (Å²) in [4.78, 5) is 14.2. The molecular weight excluding hydrogens is 381 g/mol. The number of nitrogens with one attached hydrogen (secondary N) is 1. The number of hydrogen-bond donors (Lipinski definition) is 1. The van der Waals surface area contributed by atoms with Crippen molar-refractivity contribution in [2.75, 3.05) is 18.0 Å². The van der Waals surface area contributed by atoms with Gasteiger partial charge in [-0.3, -0.25) is 0 Å². The van der Waals surface area contributed by atoms with Crippen molar-refractivity contribution >= 4 is 11.8 Å². The Morgan fingerprint density at radius 2 is 2.10 bits per heavy atom. The molecule has 30 heavy (non-hydrogen) atoms. The second-order valence-corrected chi connectivity index (χ2v) is 8.99. The van der Waals surface area contributed by atoms with Crippen LogP contribution in [-0.2, 0) is 11.2 Å². The van der Waals surface area contributed by atoms with Crippen LogP contribution in [0, 0.1) is 17.1 Å². The predicted molar refractivity (Wildman–Crippen MR) is 114 cm³/mol. The van der Waals surface area contributed by atoms with Gasteiger partial charge in [0.15, 0.2) is 0 Å². The van der Waals surface area contributed by atoms with Crippen LogP contribution in [0.3, 0.4) is 0 Å². The van der Waals surface area contributed by atoms with Gasteiger partial charge in [-0.05, 0) is 56.4 Å². The number of fused-ring (bicyclic) bond motifs is 3. The number of anilines is 1. The van der Waals surface area contributed by atoms with Crippen LogP contribution < -0.4 is 10.2 Å². The molecule has 1 atom stereocenters. The van der Waals surface area contributed by atoms with Gasteiger partial charge in [0.05, 0.1) is 17.3 Å². The maximum absolute atomic E-state index is 15.3. The number of carbonyl (C=O) groups is 1. The fourth-order valence-corrected chi connectivity index (χ4v) is 4.44. The molecule has 2 aliphatic rings. The second kappa shape index (κ2) is 7.64. The summed E-state index contributed by atoms with van der Waals surface area (Å²) in [6, 6.07) is 11.3. The summed E-state index contributed by atoms with van der Waals surface area (Å²) in [5, 5.41) is 12.5. The van der Waals surface area contributed by atoms with E-state index in [1.807, 2.05) is 49.9 Å². The molecule has 0 radical (unpaired) electrons. The molecule has 156 valence electrons. The minimum atomic E-state index is -0.567. The fourth-order valence-electron chi connectivity index (χ4n) is 4.44. The van der Waals surface area contributed by atoms with Crippen molar-refractivity contribution in [1.82, 2.24) is 5.32 Å². The topological polar surface area (TPSA) is 65.4 Å². The maximum atomic E-state index is 15.3. The molecule has 1 aliphatic carbocycles. The molecule has 1 heterocycles. The summed E-state index contributed by atoms with van der Waals surface area (Å²) in [7, 11) is 0. The first-order valence-corrected chi connectivity index (χ1v) is 10.3. The average molecular weight is 407 g/mol. The summed E-state index contributed by atoms with van der Waals surface area (Å²) in [6.45, 7) is 6.67. The zero-order chi connectivity index (χ0) is 21.5. The van der Waals surface area contributed by atoms with Crippen LogP contribution >= 0.6 is 0 Å². The van der Waals surface area contributed by atoms with E-state index < -0.39 is 11.7 Å². The van der Waals surface area contributed by atoms with Gasteiger partial charge in [0, 0.05) is 31.1 Å². The zero-order valence-corrected chi connectivity index (χ0v) is 17.6. The second-order valence-electron chi connectivity index (χ2n) is 8.99. The van der Waals surface area contributed by atoms with Crippen molar-refractivity contribution in [3.05, 3.63) is 52.8 Å². The van der Waals surface area contributed by atoms with Gasteiger partial charge in [-0.2, -0.15) is 5.26 Å². The summed E-state index contributed by atoms with van der Waals surface area (Å²) in [5.41, 5.74) is 4.16. The van der Waals surface area contributed by atoms with Crippen LogP contribution in [0.1, 0.15) is 50.3 Å². The summed E-state index contributed by atoms with van der Waals surface area (Å²) < 4.78 is 20.7. The molecule has 5 nitrogen and oxygen atoms in total. The number of hydrogen-bond acceptors (Lipinski definition) is 4. The summed E-state index contributed by atoms with van der Waals surface area (Å²) in [5.74, 6) is -0.389. The van der Waals surface area contributed by atoms with Crippen LogP contribution in [0.15, 0.2) is 30.3 Å². The average Bonchev–Trinajstić information content (AvgIpc) is 3.05. The first-order chi connectivity index (χ1) is 14.3. The summed E-state index contributed by atoms with van der Waals surface area (Å²) in [6.07, 6.45) is 1.82. The smallest absolute Gasteiger partial charge is 0.407 e. The highest BCUT2D eigenvalue weighted by Gasteiger charge is 2.32. The van der Waals surface area contributed by atoms with Crippen LogP contribution in [0.4, 0.5) is 14.9 Å². The molecule has 1 saturated heterocycles. The minimum Gasteiger partial charge on any atom is -0.444 e. The Kier molecular flexibility index (Phi) is 5.15. The number of carbonyl (C=O) groups excluding carboxylic acids is 1. The lowest BCUT2D eigenvalue weighted by atomic mass is 9.96. The standard InChI is InChI=1S/C24H26FN3O2/c1-24(2,3)30-23(29)27-17-8-6-10-28(14-17)22-20(25)12-16(13-26)19-11-15-7-4-5-9-18(15)21(19)22/h4-5,7,9,12,17H,6,8,10-11,14H2,1-3H3,(H,27,29)/t17-/m1/s1. The van der Waals surface area contributed by atoms with Gasteiger partial charge in [-0.1, -0.05) is 24.3 Å². The monoisotopic (exact) mass is 407 g/mol. The molecule has 6 heteroatoms. The number of nitriles is 1. The molecule has 1 amide bonds. The van der Waals surface area contributed by atoms with Gasteiger partial charge < -0.3 is 15.0 Å². The highest BCUT2D eigenvalue weighted by atomic mass is 19.1. The van der Waals surface area contributed by atoms with Gasteiger partial charge in [0.25, 0.3) is 0 Å².